The van der Waals surface area contributed by atoms with E-state index in [1.54, 1.807) is 27.9 Å². The molecule has 1 saturated heterocycles. The van der Waals surface area contributed by atoms with Crippen molar-refractivity contribution in [2.24, 2.45) is 7.05 Å². The van der Waals surface area contributed by atoms with Gasteiger partial charge in [-0.25, -0.2) is 0 Å². The molecule has 3 rings (SSSR count). The second-order valence-electron chi connectivity index (χ2n) is 6.16. The zero-order valence-corrected chi connectivity index (χ0v) is 14.4. The molecule has 2 amide bonds. The summed E-state index contributed by atoms with van der Waals surface area (Å²) >= 11 is 0. The highest BCUT2D eigenvalue weighted by atomic mass is 16.3. The van der Waals surface area contributed by atoms with Gasteiger partial charge in [-0.15, -0.1) is 0 Å². The summed E-state index contributed by atoms with van der Waals surface area (Å²) in [5.41, 5.74) is 3.60. The van der Waals surface area contributed by atoms with Crippen LogP contribution in [-0.4, -0.2) is 57.3 Å². The van der Waals surface area contributed by atoms with Crippen molar-refractivity contribution in [2.75, 3.05) is 19.7 Å². The third kappa shape index (κ3) is 3.28. The van der Waals surface area contributed by atoms with Crippen LogP contribution in [0, 0.1) is 6.92 Å². The molecule has 132 valence electrons. The van der Waals surface area contributed by atoms with Crippen LogP contribution in [0.15, 0.2) is 30.5 Å². The van der Waals surface area contributed by atoms with E-state index in [1.165, 1.54) is 0 Å². The number of aryl methyl sites for hydroxylation is 1. The summed E-state index contributed by atoms with van der Waals surface area (Å²) in [6, 6.07) is 6.70. The number of rotatable bonds is 4. The molecule has 0 spiro atoms. The minimum absolute atomic E-state index is 0.138. The van der Waals surface area contributed by atoms with Gasteiger partial charge in [-0.3, -0.25) is 14.3 Å². The van der Waals surface area contributed by atoms with E-state index >= 15 is 0 Å². The Morgan fingerprint density at radius 2 is 2.08 bits per heavy atom. The van der Waals surface area contributed by atoms with Gasteiger partial charge in [0.1, 0.15) is 6.04 Å². The quantitative estimate of drug-likeness (QED) is 0.857. The van der Waals surface area contributed by atoms with Crippen LogP contribution in [0.3, 0.4) is 0 Å². The van der Waals surface area contributed by atoms with Gasteiger partial charge in [-0.2, -0.15) is 5.10 Å². The van der Waals surface area contributed by atoms with Gasteiger partial charge in [0.2, 0.25) is 5.91 Å². The maximum absolute atomic E-state index is 12.8. The van der Waals surface area contributed by atoms with Crippen molar-refractivity contribution in [3.05, 3.63) is 41.7 Å². The molecule has 25 heavy (non-hydrogen) atoms. The van der Waals surface area contributed by atoms with Crippen LogP contribution in [0.4, 0.5) is 0 Å². The molecule has 1 aliphatic heterocycles. The van der Waals surface area contributed by atoms with Gasteiger partial charge >= 0.3 is 0 Å². The predicted molar refractivity (Wildman–Crippen MR) is 92.9 cm³/mol. The molecule has 0 aliphatic carbocycles. The summed E-state index contributed by atoms with van der Waals surface area (Å²) in [5.74, 6) is -0.404. The Bertz CT molecular complexity index is 782. The largest absolute Gasteiger partial charge is 0.396 e. The van der Waals surface area contributed by atoms with E-state index in [9.17, 15) is 14.7 Å². The van der Waals surface area contributed by atoms with Crippen LogP contribution in [0.1, 0.15) is 22.5 Å². The number of carbonyl (C=O) groups excluding carboxylic acids is 2. The number of aliphatic hydroxyl groups excluding tert-OH is 1. The molecule has 0 unspecified atom stereocenters. The van der Waals surface area contributed by atoms with Crippen molar-refractivity contribution < 1.29 is 14.7 Å². The van der Waals surface area contributed by atoms with E-state index in [4.69, 9.17) is 0 Å². The van der Waals surface area contributed by atoms with Crippen molar-refractivity contribution in [1.29, 1.82) is 0 Å². The molecule has 7 nitrogen and oxygen atoms in total. The van der Waals surface area contributed by atoms with Gasteiger partial charge < -0.3 is 15.3 Å². The number of carbonyl (C=O) groups is 2. The second-order valence-corrected chi connectivity index (χ2v) is 6.16. The van der Waals surface area contributed by atoms with E-state index < -0.39 is 6.04 Å². The number of nitrogens with zero attached hydrogens (tertiary/aromatic N) is 3. The Hall–Kier alpha value is -2.67. The van der Waals surface area contributed by atoms with E-state index in [0.29, 0.717) is 18.7 Å². The Morgan fingerprint density at radius 3 is 2.68 bits per heavy atom. The zero-order valence-electron chi connectivity index (χ0n) is 14.4. The molecule has 0 radical (unpaired) electrons. The molecular formula is C18H22N4O3. The molecule has 2 aromatic rings. The lowest BCUT2D eigenvalue weighted by Gasteiger charge is -2.34. The maximum Gasteiger partial charge on any atom is 0.254 e. The van der Waals surface area contributed by atoms with Crippen LogP contribution >= 0.6 is 0 Å². The standard InChI is InChI=1S/C18H22N4O3/c1-12-15(11-20-21(12)2)13-3-5-14(6-4-13)18(25)22-9-8-19-17(24)16(22)7-10-23/h3-6,11,16,23H,7-10H2,1-2H3,(H,19,24)/t16-/m0/s1. The first-order valence-electron chi connectivity index (χ1n) is 8.31. The summed E-state index contributed by atoms with van der Waals surface area (Å²) in [6.45, 7) is 2.73. The number of amides is 2. The number of nitrogens with one attached hydrogen (secondary N) is 1. The minimum atomic E-state index is -0.619. The number of aliphatic hydroxyl groups is 1. The third-order valence-corrected chi connectivity index (χ3v) is 4.67. The molecule has 1 aromatic heterocycles. The van der Waals surface area contributed by atoms with Crippen LogP contribution in [0.2, 0.25) is 0 Å². The van der Waals surface area contributed by atoms with Crippen LogP contribution < -0.4 is 5.32 Å². The lowest BCUT2D eigenvalue weighted by molar-refractivity contribution is -0.128. The minimum Gasteiger partial charge on any atom is -0.396 e. The monoisotopic (exact) mass is 342 g/mol. The Labute approximate surface area is 146 Å². The van der Waals surface area contributed by atoms with Crippen molar-refractivity contribution in [3.8, 4) is 11.1 Å². The molecule has 1 fully saturated rings. The highest BCUT2D eigenvalue weighted by Crippen LogP contribution is 2.23. The van der Waals surface area contributed by atoms with E-state index in [0.717, 1.165) is 16.8 Å². The van der Waals surface area contributed by atoms with E-state index in [2.05, 4.69) is 10.4 Å². The van der Waals surface area contributed by atoms with Crippen molar-refractivity contribution >= 4 is 11.8 Å². The highest BCUT2D eigenvalue weighted by molar-refractivity contribution is 5.98. The molecule has 7 heteroatoms. The number of hydrogen-bond donors (Lipinski definition) is 2. The lowest BCUT2D eigenvalue weighted by atomic mass is 10.0. The van der Waals surface area contributed by atoms with Gasteiger partial charge in [0.05, 0.1) is 6.20 Å². The summed E-state index contributed by atoms with van der Waals surface area (Å²) in [4.78, 5) is 26.3. The summed E-state index contributed by atoms with van der Waals surface area (Å²) in [6.07, 6.45) is 2.04. The van der Waals surface area contributed by atoms with Crippen molar-refractivity contribution in [1.82, 2.24) is 20.0 Å². The average Bonchev–Trinajstić information content (AvgIpc) is 2.95. The summed E-state index contributed by atoms with van der Waals surface area (Å²) in [7, 11) is 1.89. The first-order chi connectivity index (χ1) is 12.0. The molecule has 2 heterocycles. The first-order valence-corrected chi connectivity index (χ1v) is 8.31. The molecule has 0 saturated carbocycles. The van der Waals surface area contributed by atoms with Crippen molar-refractivity contribution in [2.45, 2.75) is 19.4 Å². The predicted octanol–water partition coefficient (Wildman–Crippen LogP) is 0.719. The number of aromatic nitrogens is 2. The molecular weight excluding hydrogens is 320 g/mol. The average molecular weight is 342 g/mol. The third-order valence-electron chi connectivity index (χ3n) is 4.67. The Kier molecular flexibility index (Phi) is 4.85. The van der Waals surface area contributed by atoms with Crippen molar-refractivity contribution in [3.63, 3.8) is 0 Å². The Balaban J connectivity index is 1.82. The summed E-state index contributed by atoms with van der Waals surface area (Å²) in [5, 5.41) is 16.1. The lowest BCUT2D eigenvalue weighted by Crippen LogP contribution is -2.57. The molecule has 0 bridgehead atoms. The van der Waals surface area contributed by atoms with Gasteiger partial charge in [0.25, 0.3) is 5.91 Å². The topological polar surface area (TPSA) is 87.5 Å². The van der Waals surface area contributed by atoms with Gasteiger partial charge in [-0.1, -0.05) is 12.1 Å². The normalized spacial score (nSPS) is 17.5. The Morgan fingerprint density at radius 1 is 1.36 bits per heavy atom. The van der Waals surface area contributed by atoms with E-state index in [1.807, 2.05) is 26.1 Å². The van der Waals surface area contributed by atoms with Gasteiger partial charge in [-0.05, 0) is 31.0 Å². The van der Waals surface area contributed by atoms with Gasteiger partial charge in [0, 0.05) is 43.6 Å². The summed E-state index contributed by atoms with van der Waals surface area (Å²) < 4.78 is 1.81. The van der Waals surface area contributed by atoms with Gasteiger partial charge in [0.15, 0.2) is 0 Å². The second kappa shape index (κ2) is 7.06. The molecule has 1 aromatic carbocycles. The maximum atomic E-state index is 12.8. The fraction of sp³-hybridized carbons (Fsp3) is 0.389. The SMILES string of the molecule is Cc1c(-c2ccc(C(=O)N3CCNC(=O)[C@@H]3CCO)cc2)cnn1C. The molecule has 1 atom stereocenters. The fourth-order valence-corrected chi connectivity index (χ4v) is 3.11. The molecule has 1 aliphatic rings. The van der Waals surface area contributed by atoms with Crippen LogP contribution in [0.5, 0.6) is 0 Å². The first kappa shape index (κ1) is 17.2. The van der Waals surface area contributed by atoms with Crippen LogP contribution in [-0.2, 0) is 11.8 Å². The number of piperazine rings is 1. The van der Waals surface area contributed by atoms with E-state index in [-0.39, 0.29) is 24.8 Å². The zero-order chi connectivity index (χ0) is 18.0. The smallest absolute Gasteiger partial charge is 0.254 e. The number of hydrogen-bond acceptors (Lipinski definition) is 4. The molecule has 2 N–H and O–H groups in total. The van der Waals surface area contributed by atoms with Crippen LogP contribution in [0.25, 0.3) is 11.1 Å². The highest BCUT2D eigenvalue weighted by Gasteiger charge is 2.32. The number of benzene rings is 1. The fourth-order valence-electron chi connectivity index (χ4n) is 3.11.